The first-order valence-corrected chi connectivity index (χ1v) is 4.58. The summed E-state index contributed by atoms with van der Waals surface area (Å²) >= 11 is 0. The standard InChI is InChI=1S/C10H20N2/c1-4-9-12(3)10-7-5-6-8-11-2/h1,11H,5-10H2,2-3H3. The van der Waals surface area contributed by atoms with E-state index >= 15 is 0 Å². The predicted molar refractivity (Wildman–Crippen MR) is 54.1 cm³/mol. The highest BCUT2D eigenvalue weighted by atomic mass is 15.1. The molecule has 0 spiro atoms. The largest absolute Gasteiger partial charge is 0.320 e. The Hall–Kier alpha value is -0.520. The smallest absolute Gasteiger partial charge is 0.0596 e. The van der Waals surface area contributed by atoms with Crippen LogP contribution in [0, 0.1) is 12.3 Å². The summed E-state index contributed by atoms with van der Waals surface area (Å²) in [6.45, 7) is 3.01. The monoisotopic (exact) mass is 168 g/mol. The minimum absolute atomic E-state index is 0.770. The van der Waals surface area contributed by atoms with Crippen LogP contribution in [-0.2, 0) is 0 Å². The van der Waals surface area contributed by atoms with Crippen LogP contribution in [-0.4, -0.2) is 38.6 Å². The van der Waals surface area contributed by atoms with Gasteiger partial charge in [0.05, 0.1) is 6.54 Å². The van der Waals surface area contributed by atoms with Crippen LogP contribution < -0.4 is 5.32 Å². The van der Waals surface area contributed by atoms with Crippen LogP contribution in [0.4, 0.5) is 0 Å². The highest BCUT2D eigenvalue weighted by molar-refractivity contribution is 4.86. The number of terminal acetylenes is 1. The molecule has 0 saturated heterocycles. The molecule has 0 bridgehead atoms. The summed E-state index contributed by atoms with van der Waals surface area (Å²) in [4.78, 5) is 2.18. The molecule has 0 aliphatic carbocycles. The second kappa shape index (κ2) is 8.58. The topological polar surface area (TPSA) is 15.3 Å². The van der Waals surface area contributed by atoms with E-state index in [1.165, 1.54) is 19.3 Å². The van der Waals surface area contributed by atoms with Crippen molar-refractivity contribution in [1.29, 1.82) is 0 Å². The van der Waals surface area contributed by atoms with Gasteiger partial charge in [-0.25, -0.2) is 0 Å². The third-order valence-corrected chi connectivity index (χ3v) is 1.83. The number of hydrogen-bond donors (Lipinski definition) is 1. The molecule has 2 nitrogen and oxygen atoms in total. The Bertz CT molecular complexity index is 126. The summed E-state index contributed by atoms with van der Waals surface area (Å²) < 4.78 is 0. The van der Waals surface area contributed by atoms with Crippen LogP contribution in [0.3, 0.4) is 0 Å². The van der Waals surface area contributed by atoms with Gasteiger partial charge in [-0.05, 0) is 40.0 Å². The molecule has 12 heavy (non-hydrogen) atoms. The van der Waals surface area contributed by atoms with Gasteiger partial charge in [0.1, 0.15) is 0 Å². The highest BCUT2D eigenvalue weighted by Crippen LogP contribution is 1.95. The zero-order valence-corrected chi connectivity index (χ0v) is 8.27. The lowest BCUT2D eigenvalue weighted by Gasteiger charge is -2.12. The minimum Gasteiger partial charge on any atom is -0.320 e. The maximum absolute atomic E-state index is 5.18. The van der Waals surface area contributed by atoms with Gasteiger partial charge in [-0.15, -0.1) is 6.42 Å². The molecule has 0 aliphatic heterocycles. The fourth-order valence-electron chi connectivity index (χ4n) is 1.10. The summed E-state index contributed by atoms with van der Waals surface area (Å²) in [7, 11) is 4.06. The lowest BCUT2D eigenvalue weighted by molar-refractivity contribution is 0.362. The lowest BCUT2D eigenvalue weighted by Crippen LogP contribution is -2.20. The molecule has 0 heterocycles. The molecular weight excluding hydrogens is 148 g/mol. The van der Waals surface area contributed by atoms with Crippen molar-refractivity contribution in [3.05, 3.63) is 0 Å². The highest BCUT2D eigenvalue weighted by Gasteiger charge is 1.94. The Morgan fingerprint density at radius 3 is 2.67 bits per heavy atom. The number of rotatable bonds is 7. The summed E-state index contributed by atoms with van der Waals surface area (Å²) in [5.74, 6) is 2.63. The molecule has 0 radical (unpaired) electrons. The van der Waals surface area contributed by atoms with Crippen LogP contribution in [0.1, 0.15) is 19.3 Å². The molecule has 1 N–H and O–H groups in total. The van der Waals surface area contributed by atoms with E-state index in [0.29, 0.717) is 0 Å². The van der Waals surface area contributed by atoms with Gasteiger partial charge in [0.2, 0.25) is 0 Å². The minimum atomic E-state index is 0.770. The summed E-state index contributed by atoms with van der Waals surface area (Å²) in [5.41, 5.74) is 0. The molecule has 0 aromatic carbocycles. The van der Waals surface area contributed by atoms with Crippen molar-refractivity contribution in [2.75, 3.05) is 33.7 Å². The number of nitrogens with zero attached hydrogens (tertiary/aromatic N) is 1. The Kier molecular flexibility index (Phi) is 8.20. The van der Waals surface area contributed by atoms with E-state index in [1.807, 2.05) is 7.05 Å². The van der Waals surface area contributed by atoms with Gasteiger partial charge in [0, 0.05) is 0 Å². The SMILES string of the molecule is C#CCN(C)CCCCCNC. The van der Waals surface area contributed by atoms with E-state index in [2.05, 4.69) is 23.2 Å². The van der Waals surface area contributed by atoms with Gasteiger partial charge in [0.25, 0.3) is 0 Å². The fourth-order valence-corrected chi connectivity index (χ4v) is 1.10. The normalized spacial score (nSPS) is 10.2. The molecule has 2 heteroatoms. The van der Waals surface area contributed by atoms with Crippen LogP contribution in [0.5, 0.6) is 0 Å². The van der Waals surface area contributed by atoms with Crippen LogP contribution >= 0.6 is 0 Å². The van der Waals surface area contributed by atoms with Crippen molar-refractivity contribution in [3.8, 4) is 12.3 Å². The van der Waals surface area contributed by atoms with Crippen LogP contribution in [0.25, 0.3) is 0 Å². The van der Waals surface area contributed by atoms with Crippen molar-refractivity contribution in [2.24, 2.45) is 0 Å². The maximum atomic E-state index is 5.18. The van der Waals surface area contributed by atoms with Gasteiger partial charge in [-0.1, -0.05) is 12.3 Å². The summed E-state index contributed by atoms with van der Waals surface area (Å²) in [5, 5.41) is 3.14. The van der Waals surface area contributed by atoms with Crippen molar-refractivity contribution in [1.82, 2.24) is 10.2 Å². The van der Waals surface area contributed by atoms with E-state index in [1.54, 1.807) is 0 Å². The lowest BCUT2D eigenvalue weighted by atomic mass is 10.2. The summed E-state index contributed by atoms with van der Waals surface area (Å²) in [6, 6.07) is 0. The van der Waals surface area contributed by atoms with Gasteiger partial charge in [-0.2, -0.15) is 0 Å². The Labute approximate surface area is 76.3 Å². The number of hydrogen-bond acceptors (Lipinski definition) is 2. The molecule has 0 fully saturated rings. The van der Waals surface area contributed by atoms with Crippen molar-refractivity contribution in [2.45, 2.75) is 19.3 Å². The molecule has 0 atom stereocenters. The van der Waals surface area contributed by atoms with Gasteiger partial charge >= 0.3 is 0 Å². The number of unbranched alkanes of at least 4 members (excludes halogenated alkanes) is 2. The molecule has 0 aliphatic rings. The Morgan fingerprint density at radius 2 is 2.08 bits per heavy atom. The van der Waals surface area contributed by atoms with Crippen molar-refractivity contribution < 1.29 is 0 Å². The second-order valence-corrected chi connectivity index (χ2v) is 3.11. The molecule has 0 rings (SSSR count). The molecule has 0 unspecified atom stereocenters. The average molecular weight is 168 g/mol. The molecule has 0 amide bonds. The zero-order valence-electron chi connectivity index (χ0n) is 8.27. The third-order valence-electron chi connectivity index (χ3n) is 1.83. The Morgan fingerprint density at radius 1 is 1.33 bits per heavy atom. The molecular formula is C10H20N2. The molecule has 0 aromatic heterocycles. The zero-order chi connectivity index (χ0) is 9.23. The van der Waals surface area contributed by atoms with Gasteiger partial charge in [0.15, 0.2) is 0 Å². The quantitative estimate of drug-likeness (QED) is 0.449. The second-order valence-electron chi connectivity index (χ2n) is 3.11. The first-order chi connectivity index (χ1) is 5.81. The first kappa shape index (κ1) is 11.5. The van der Waals surface area contributed by atoms with Crippen LogP contribution in [0.2, 0.25) is 0 Å². The van der Waals surface area contributed by atoms with E-state index in [-0.39, 0.29) is 0 Å². The predicted octanol–water partition coefficient (Wildman–Crippen LogP) is 0.941. The van der Waals surface area contributed by atoms with Crippen LogP contribution in [0.15, 0.2) is 0 Å². The van der Waals surface area contributed by atoms with E-state index in [9.17, 15) is 0 Å². The molecule has 70 valence electrons. The first-order valence-electron chi connectivity index (χ1n) is 4.58. The number of nitrogens with one attached hydrogen (secondary N) is 1. The molecule has 0 saturated carbocycles. The summed E-state index contributed by atoms with van der Waals surface area (Å²) in [6.07, 6.45) is 8.98. The van der Waals surface area contributed by atoms with E-state index < -0.39 is 0 Å². The van der Waals surface area contributed by atoms with E-state index in [0.717, 1.165) is 19.6 Å². The van der Waals surface area contributed by atoms with Gasteiger partial charge < -0.3 is 5.32 Å². The van der Waals surface area contributed by atoms with Gasteiger partial charge in [-0.3, -0.25) is 4.90 Å². The Balaban J connectivity index is 3.04. The fraction of sp³-hybridized carbons (Fsp3) is 0.800. The third kappa shape index (κ3) is 7.59. The van der Waals surface area contributed by atoms with E-state index in [4.69, 9.17) is 6.42 Å². The maximum Gasteiger partial charge on any atom is 0.0596 e. The van der Waals surface area contributed by atoms with Crippen molar-refractivity contribution >= 4 is 0 Å². The van der Waals surface area contributed by atoms with Crippen molar-refractivity contribution in [3.63, 3.8) is 0 Å². The molecule has 0 aromatic rings. The average Bonchev–Trinajstić information content (AvgIpc) is 2.05.